The lowest BCUT2D eigenvalue weighted by Crippen LogP contribution is -2.29. The van der Waals surface area contributed by atoms with Gasteiger partial charge >= 0.3 is 0 Å². The van der Waals surface area contributed by atoms with E-state index in [1.807, 2.05) is 36.7 Å². The summed E-state index contributed by atoms with van der Waals surface area (Å²) in [5.74, 6) is 0.882. The third-order valence-corrected chi connectivity index (χ3v) is 4.74. The highest BCUT2D eigenvalue weighted by atomic mass is 35.5. The summed E-state index contributed by atoms with van der Waals surface area (Å²) in [7, 11) is 0. The van der Waals surface area contributed by atoms with Crippen LogP contribution in [0, 0.1) is 0 Å². The third kappa shape index (κ3) is 2.03. The van der Waals surface area contributed by atoms with Gasteiger partial charge in [0.15, 0.2) is 0 Å². The number of aromatic nitrogens is 3. The molecular weight excluding hydrogens is 290 g/mol. The third-order valence-electron chi connectivity index (χ3n) is 3.46. The number of hydrogen-bond acceptors (Lipinski definition) is 3. The van der Waals surface area contributed by atoms with E-state index in [0.29, 0.717) is 0 Å². The van der Waals surface area contributed by atoms with Crippen LogP contribution in [0.15, 0.2) is 35.8 Å². The number of rotatable bonds is 3. The zero-order chi connectivity index (χ0) is 14.3. The summed E-state index contributed by atoms with van der Waals surface area (Å²) in [5.41, 5.74) is 1.79. The van der Waals surface area contributed by atoms with Crippen LogP contribution < -0.4 is 0 Å². The number of para-hydroxylation sites is 2. The number of fused-ring (bicyclic) bond motifs is 1. The SMILES string of the molecule is CC(Cl)c1nc2ccccc2n1C(C)(C)c1nccs1. The summed E-state index contributed by atoms with van der Waals surface area (Å²) in [6.45, 7) is 6.27. The first-order chi connectivity index (χ1) is 9.51. The number of imidazole rings is 1. The minimum Gasteiger partial charge on any atom is -0.314 e. The predicted molar refractivity (Wildman–Crippen MR) is 84.5 cm³/mol. The van der Waals surface area contributed by atoms with Gasteiger partial charge in [-0.2, -0.15) is 0 Å². The van der Waals surface area contributed by atoms with Crippen LogP contribution in [0.2, 0.25) is 0 Å². The van der Waals surface area contributed by atoms with Crippen LogP contribution >= 0.6 is 22.9 Å². The highest BCUT2D eigenvalue weighted by molar-refractivity contribution is 7.09. The molecule has 1 unspecified atom stereocenters. The van der Waals surface area contributed by atoms with E-state index < -0.39 is 0 Å². The molecule has 0 aliphatic rings. The quantitative estimate of drug-likeness (QED) is 0.663. The van der Waals surface area contributed by atoms with Gasteiger partial charge < -0.3 is 4.57 Å². The summed E-state index contributed by atoms with van der Waals surface area (Å²) < 4.78 is 2.21. The van der Waals surface area contributed by atoms with Gasteiger partial charge in [-0.1, -0.05) is 12.1 Å². The molecule has 1 atom stereocenters. The maximum absolute atomic E-state index is 6.35. The van der Waals surface area contributed by atoms with E-state index in [1.54, 1.807) is 11.3 Å². The molecule has 0 saturated carbocycles. The molecule has 0 fully saturated rings. The van der Waals surface area contributed by atoms with Crippen molar-refractivity contribution >= 4 is 34.0 Å². The van der Waals surface area contributed by atoms with Crippen LogP contribution in [0.25, 0.3) is 11.0 Å². The van der Waals surface area contributed by atoms with Gasteiger partial charge in [-0.25, -0.2) is 9.97 Å². The molecule has 1 aromatic carbocycles. The van der Waals surface area contributed by atoms with Gasteiger partial charge in [-0.3, -0.25) is 0 Å². The lowest BCUT2D eigenvalue weighted by molar-refractivity contribution is 0.429. The molecule has 3 nitrogen and oxygen atoms in total. The van der Waals surface area contributed by atoms with Crippen molar-refractivity contribution in [2.24, 2.45) is 0 Å². The number of hydrogen-bond donors (Lipinski definition) is 0. The molecule has 5 heteroatoms. The first-order valence-electron chi connectivity index (χ1n) is 6.53. The Morgan fingerprint density at radius 2 is 2.05 bits per heavy atom. The average Bonchev–Trinajstić information content (AvgIpc) is 3.06. The van der Waals surface area contributed by atoms with Crippen LogP contribution in [0.1, 0.15) is 37.0 Å². The number of benzene rings is 1. The first-order valence-corrected chi connectivity index (χ1v) is 7.85. The number of thiazole rings is 1. The monoisotopic (exact) mass is 305 g/mol. The standard InChI is InChI=1S/C15H16ClN3S/c1-10(16)13-18-11-6-4-5-7-12(11)19(13)15(2,3)14-17-8-9-20-14/h4-10H,1-3H3. The van der Waals surface area contributed by atoms with Gasteiger partial charge in [0.05, 0.1) is 21.9 Å². The molecule has 0 aliphatic heterocycles. The maximum Gasteiger partial charge on any atom is 0.128 e. The second-order valence-corrected chi connectivity index (χ2v) is 6.86. The van der Waals surface area contributed by atoms with Crippen molar-refractivity contribution in [2.45, 2.75) is 31.7 Å². The summed E-state index contributed by atoms with van der Waals surface area (Å²) >= 11 is 8.00. The fourth-order valence-electron chi connectivity index (χ4n) is 2.52. The Bertz CT molecular complexity index is 729. The Morgan fingerprint density at radius 1 is 1.30 bits per heavy atom. The molecule has 3 aromatic rings. The molecule has 0 saturated heterocycles. The smallest absolute Gasteiger partial charge is 0.128 e. The largest absolute Gasteiger partial charge is 0.314 e. The Hall–Kier alpha value is -1.39. The van der Waals surface area contributed by atoms with E-state index in [4.69, 9.17) is 16.6 Å². The Balaban J connectivity index is 2.31. The second-order valence-electron chi connectivity index (χ2n) is 5.31. The lowest BCUT2D eigenvalue weighted by Gasteiger charge is -2.28. The van der Waals surface area contributed by atoms with Crippen molar-refractivity contribution < 1.29 is 0 Å². The van der Waals surface area contributed by atoms with Crippen molar-refractivity contribution in [2.75, 3.05) is 0 Å². The van der Waals surface area contributed by atoms with Crippen LogP contribution in [0.3, 0.4) is 0 Å². The number of nitrogens with zero attached hydrogens (tertiary/aromatic N) is 3. The minimum absolute atomic E-state index is 0.151. The highest BCUT2D eigenvalue weighted by Crippen LogP contribution is 2.35. The van der Waals surface area contributed by atoms with E-state index in [0.717, 1.165) is 21.9 Å². The van der Waals surface area contributed by atoms with Crippen LogP contribution in [-0.4, -0.2) is 14.5 Å². The fraction of sp³-hybridized carbons (Fsp3) is 0.333. The molecular formula is C15H16ClN3S. The zero-order valence-electron chi connectivity index (χ0n) is 11.7. The number of alkyl halides is 1. The molecule has 2 aromatic heterocycles. The van der Waals surface area contributed by atoms with Gasteiger partial charge in [0.1, 0.15) is 10.8 Å². The van der Waals surface area contributed by atoms with Crippen molar-refractivity contribution in [3.63, 3.8) is 0 Å². The normalized spacial score (nSPS) is 13.8. The molecule has 2 heterocycles. The van der Waals surface area contributed by atoms with Gasteiger partial charge in [0.25, 0.3) is 0 Å². The van der Waals surface area contributed by atoms with Gasteiger partial charge in [-0.15, -0.1) is 22.9 Å². The Morgan fingerprint density at radius 3 is 2.70 bits per heavy atom. The molecule has 0 amide bonds. The fourth-order valence-corrected chi connectivity index (χ4v) is 3.42. The molecule has 0 bridgehead atoms. The molecule has 3 rings (SSSR count). The first kappa shape index (κ1) is 13.6. The van der Waals surface area contributed by atoms with Crippen molar-refractivity contribution in [1.29, 1.82) is 0 Å². The summed E-state index contributed by atoms with van der Waals surface area (Å²) in [4.78, 5) is 9.17. The molecule has 0 radical (unpaired) electrons. The molecule has 0 spiro atoms. The van der Waals surface area contributed by atoms with Crippen molar-refractivity contribution in [1.82, 2.24) is 14.5 Å². The zero-order valence-corrected chi connectivity index (χ0v) is 13.2. The van der Waals surface area contributed by atoms with Crippen molar-refractivity contribution in [3.8, 4) is 0 Å². The number of halogens is 1. The van der Waals surface area contributed by atoms with E-state index in [1.165, 1.54) is 0 Å². The van der Waals surface area contributed by atoms with E-state index in [2.05, 4.69) is 29.5 Å². The summed E-state index contributed by atoms with van der Waals surface area (Å²) in [5, 5.41) is 2.90. The van der Waals surface area contributed by atoms with E-state index in [9.17, 15) is 0 Å². The van der Waals surface area contributed by atoms with Crippen LogP contribution in [0.4, 0.5) is 0 Å². The average molecular weight is 306 g/mol. The summed E-state index contributed by atoms with van der Waals surface area (Å²) in [6, 6.07) is 8.13. The van der Waals surface area contributed by atoms with E-state index >= 15 is 0 Å². The van der Waals surface area contributed by atoms with Gasteiger partial charge in [0.2, 0.25) is 0 Å². The maximum atomic E-state index is 6.35. The molecule has 104 valence electrons. The van der Waals surface area contributed by atoms with E-state index in [-0.39, 0.29) is 10.9 Å². The Labute approximate surface area is 127 Å². The molecule has 0 aliphatic carbocycles. The van der Waals surface area contributed by atoms with Gasteiger partial charge in [-0.05, 0) is 32.9 Å². The Kier molecular flexibility index (Phi) is 3.30. The molecule has 20 heavy (non-hydrogen) atoms. The summed E-state index contributed by atoms with van der Waals surface area (Å²) in [6.07, 6.45) is 1.84. The van der Waals surface area contributed by atoms with Crippen LogP contribution in [-0.2, 0) is 5.54 Å². The predicted octanol–water partition coefficient (Wildman–Crippen LogP) is 4.58. The molecule has 0 N–H and O–H groups in total. The lowest BCUT2D eigenvalue weighted by atomic mass is 10.1. The second kappa shape index (κ2) is 4.86. The topological polar surface area (TPSA) is 30.7 Å². The van der Waals surface area contributed by atoms with Crippen molar-refractivity contribution in [3.05, 3.63) is 46.7 Å². The minimum atomic E-state index is -0.275. The van der Waals surface area contributed by atoms with Gasteiger partial charge in [0, 0.05) is 11.6 Å². The highest BCUT2D eigenvalue weighted by Gasteiger charge is 2.31. The van der Waals surface area contributed by atoms with Crippen LogP contribution in [0.5, 0.6) is 0 Å².